The number of nitrogens with two attached hydrogens (primary N) is 1. The van der Waals surface area contributed by atoms with E-state index in [2.05, 4.69) is 22.0 Å². The Hall–Kier alpha value is -0.870. The Bertz CT molecular complexity index is 337. The molecular formula is C11H20N4. The van der Waals surface area contributed by atoms with E-state index in [1.54, 1.807) is 0 Å². The Kier molecular flexibility index (Phi) is 3.07. The predicted octanol–water partition coefficient (Wildman–Crippen LogP) is 0.883. The maximum atomic E-state index is 5.73. The number of hydrogen-bond donors (Lipinski definition) is 2. The van der Waals surface area contributed by atoms with Crippen molar-refractivity contribution in [2.45, 2.75) is 39.3 Å². The van der Waals surface area contributed by atoms with Crippen LogP contribution in [0.25, 0.3) is 0 Å². The van der Waals surface area contributed by atoms with Crippen LogP contribution in [0.1, 0.15) is 35.8 Å². The summed E-state index contributed by atoms with van der Waals surface area (Å²) in [5.74, 6) is 0. The van der Waals surface area contributed by atoms with Gasteiger partial charge in [-0.1, -0.05) is 0 Å². The first-order chi connectivity index (χ1) is 7.24. The number of rotatable bonds is 2. The molecule has 3 N–H and O–H groups in total. The summed E-state index contributed by atoms with van der Waals surface area (Å²) in [5.41, 5.74) is 9.29. The first kappa shape index (κ1) is 10.6. The topological polar surface area (TPSA) is 55.9 Å². The van der Waals surface area contributed by atoms with Crippen molar-refractivity contribution in [3.8, 4) is 0 Å². The van der Waals surface area contributed by atoms with Gasteiger partial charge in [0.1, 0.15) is 0 Å². The summed E-state index contributed by atoms with van der Waals surface area (Å²) in [6.07, 6.45) is 2.35. The van der Waals surface area contributed by atoms with Gasteiger partial charge in [-0.2, -0.15) is 5.10 Å². The molecule has 0 spiro atoms. The molecule has 1 aliphatic heterocycles. The number of nitrogens with zero attached hydrogens (tertiary/aromatic N) is 2. The summed E-state index contributed by atoms with van der Waals surface area (Å²) in [6, 6.07) is 0.560. The van der Waals surface area contributed by atoms with Crippen molar-refractivity contribution in [3.05, 3.63) is 17.0 Å². The van der Waals surface area contributed by atoms with E-state index < -0.39 is 0 Å². The van der Waals surface area contributed by atoms with E-state index in [1.165, 1.54) is 24.1 Å². The zero-order chi connectivity index (χ0) is 10.8. The minimum absolute atomic E-state index is 0.560. The number of nitrogens with one attached hydrogen (secondary N) is 1. The molecule has 0 radical (unpaired) electrons. The van der Waals surface area contributed by atoms with Gasteiger partial charge in [-0.15, -0.1) is 0 Å². The first-order valence-electron chi connectivity index (χ1n) is 5.69. The van der Waals surface area contributed by atoms with Gasteiger partial charge in [-0.3, -0.25) is 4.68 Å². The Morgan fingerprint density at radius 3 is 2.60 bits per heavy atom. The van der Waals surface area contributed by atoms with E-state index in [0.29, 0.717) is 12.6 Å². The molecule has 4 nitrogen and oxygen atoms in total. The highest BCUT2D eigenvalue weighted by atomic mass is 15.3. The maximum Gasteiger partial charge on any atom is 0.0641 e. The summed E-state index contributed by atoms with van der Waals surface area (Å²) in [5, 5.41) is 7.99. The van der Waals surface area contributed by atoms with Gasteiger partial charge in [0.15, 0.2) is 0 Å². The van der Waals surface area contributed by atoms with Gasteiger partial charge in [0.2, 0.25) is 0 Å². The standard InChI is InChI=1S/C11H20N4/c1-8-11(7-12)9(2)15(14-8)10-3-5-13-6-4-10/h10,13H,3-7,12H2,1-2H3. The van der Waals surface area contributed by atoms with Gasteiger partial charge in [-0.25, -0.2) is 0 Å². The van der Waals surface area contributed by atoms with E-state index in [4.69, 9.17) is 5.73 Å². The minimum atomic E-state index is 0.560. The van der Waals surface area contributed by atoms with Crippen LogP contribution in [0.15, 0.2) is 0 Å². The molecular weight excluding hydrogens is 188 g/mol. The van der Waals surface area contributed by atoms with Gasteiger partial charge in [0.25, 0.3) is 0 Å². The molecule has 15 heavy (non-hydrogen) atoms. The van der Waals surface area contributed by atoms with Gasteiger partial charge >= 0.3 is 0 Å². The molecule has 1 aromatic rings. The lowest BCUT2D eigenvalue weighted by Gasteiger charge is -2.24. The van der Waals surface area contributed by atoms with Crippen molar-refractivity contribution in [3.63, 3.8) is 0 Å². The molecule has 0 saturated carbocycles. The number of aromatic nitrogens is 2. The maximum absolute atomic E-state index is 5.73. The SMILES string of the molecule is Cc1nn(C2CCNCC2)c(C)c1CN. The van der Waals surface area contributed by atoms with Crippen LogP contribution in [-0.2, 0) is 6.54 Å². The minimum Gasteiger partial charge on any atom is -0.326 e. The fraction of sp³-hybridized carbons (Fsp3) is 0.727. The van der Waals surface area contributed by atoms with E-state index >= 15 is 0 Å². The quantitative estimate of drug-likeness (QED) is 0.758. The number of piperidine rings is 1. The van der Waals surface area contributed by atoms with E-state index in [9.17, 15) is 0 Å². The second kappa shape index (κ2) is 4.33. The van der Waals surface area contributed by atoms with Crippen molar-refractivity contribution in [1.29, 1.82) is 0 Å². The van der Waals surface area contributed by atoms with Crippen molar-refractivity contribution >= 4 is 0 Å². The molecule has 1 saturated heterocycles. The lowest BCUT2D eigenvalue weighted by atomic mass is 10.1. The highest BCUT2D eigenvalue weighted by molar-refractivity contribution is 5.24. The van der Waals surface area contributed by atoms with Crippen LogP contribution in [0.4, 0.5) is 0 Å². The van der Waals surface area contributed by atoms with Crippen LogP contribution >= 0.6 is 0 Å². The van der Waals surface area contributed by atoms with Gasteiger partial charge in [0, 0.05) is 17.8 Å². The van der Waals surface area contributed by atoms with Crippen molar-refractivity contribution in [1.82, 2.24) is 15.1 Å². The monoisotopic (exact) mass is 208 g/mol. The zero-order valence-corrected chi connectivity index (χ0v) is 9.58. The lowest BCUT2D eigenvalue weighted by Crippen LogP contribution is -2.30. The highest BCUT2D eigenvalue weighted by Gasteiger charge is 2.19. The molecule has 2 rings (SSSR count). The third-order valence-corrected chi connectivity index (χ3v) is 3.33. The summed E-state index contributed by atoms with van der Waals surface area (Å²) >= 11 is 0. The third kappa shape index (κ3) is 1.92. The molecule has 1 aliphatic rings. The fourth-order valence-electron chi connectivity index (χ4n) is 2.40. The third-order valence-electron chi connectivity index (χ3n) is 3.33. The molecule has 0 atom stereocenters. The van der Waals surface area contributed by atoms with Crippen molar-refractivity contribution in [2.24, 2.45) is 5.73 Å². The van der Waals surface area contributed by atoms with Crippen LogP contribution in [0, 0.1) is 13.8 Å². The lowest BCUT2D eigenvalue weighted by molar-refractivity contribution is 0.337. The first-order valence-corrected chi connectivity index (χ1v) is 5.69. The molecule has 1 fully saturated rings. The molecule has 0 aromatic carbocycles. The number of hydrogen-bond acceptors (Lipinski definition) is 3. The second-order valence-electron chi connectivity index (χ2n) is 4.28. The Morgan fingerprint density at radius 2 is 2.07 bits per heavy atom. The molecule has 0 unspecified atom stereocenters. The van der Waals surface area contributed by atoms with Gasteiger partial charge in [0.05, 0.1) is 11.7 Å². The highest BCUT2D eigenvalue weighted by Crippen LogP contribution is 2.23. The van der Waals surface area contributed by atoms with Crippen LogP contribution in [-0.4, -0.2) is 22.9 Å². The largest absolute Gasteiger partial charge is 0.326 e. The van der Waals surface area contributed by atoms with Crippen LogP contribution in [0.3, 0.4) is 0 Å². The van der Waals surface area contributed by atoms with Crippen molar-refractivity contribution in [2.75, 3.05) is 13.1 Å². The molecule has 0 bridgehead atoms. The average molecular weight is 208 g/mol. The summed E-state index contributed by atoms with van der Waals surface area (Å²) in [7, 11) is 0. The molecule has 1 aromatic heterocycles. The zero-order valence-electron chi connectivity index (χ0n) is 9.58. The Labute approximate surface area is 90.8 Å². The Balaban J connectivity index is 2.27. The van der Waals surface area contributed by atoms with Crippen LogP contribution < -0.4 is 11.1 Å². The van der Waals surface area contributed by atoms with Gasteiger partial charge in [-0.05, 0) is 39.8 Å². The van der Waals surface area contributed by atoms with E-state index in [0.717, 1.165) is 18.8 Å². The van der Waals surface area contributed by atoms with Crippen molar-refractivity contribution < 1.29 is 0 Å². The second-order valence-corrected chi connectivity index (χ2v) is 4.28. The molecule has 0 aliphatic carbocycles. The predicted molar refractivity (Wildman–Crippen MR) is 60.7 cm³/mol. The fourth-order valence-corrected chi connectivity index (χ4v) is 2.40. The van der Waals surface area contributed by atoms with Crippen LogP contribution in [0.5, 0.6) is 0 Å². The molecule has 0 amide bonds. The molecule has 4 heteroatoms. The van der Waals surface area contributed by atoms with Gasteiger partial charge < -0.3 is 11.1 Å². The Morgan fingerprint density at radius 1 is 1.40 bits per heavy atom. The normalized spacial score (nSPS) is 18.3. The van der Waals surface area contributed by atoms with E-state index in [-0.39, 0.29) is 0 Å². The number of aryl methyl sites for hydroxylation is 1. The summed E-state index contributed by atoms with van der Waals surface area (Å²) < 4.78 is 2.18. The summed E-state index contributed by atoms with van der Waals surface area (Å²) in [4.78, 5) is 0. The van der Waals surface area contributed by atoms with E-state index in [1.807, 2.05) is 6.92 Å². The average Bonchev–Trinajstić information content (AvgIpc) is 2.55. The summed E-state index contributed by atoms with van der Waals surface area (Å²) in [6.45, 7) is 6.97. The molecule has 2 heterocycles. The smallest absolute Gasteiger partial charge is 0.0641 e. The van der Waals surface area contributed by atoms with Crippen LogP contribution in [0.2, 0.25) is 0 Å². The molecule has 84 valence electrons.